The van der Waals surface area contributed by atoms with Crippen molar-refractivity contribution >= 4 is 28.3 Å². The van der Waals surface area contributed by atoms with Crippen LogP contribution in [0.15, 0.2) is 21.3 Å². The average Bonchev–Trinajstić information content (AvgIpc) is 2.44. The van der Waals surface area contributed by atoms with Crippen LogP contribution in [0.3, 0.4) is 0 Å². The zero-order valence-electron chi connectivity index (χ0n) is 11.0. The molecule has 2 heterocycles. The SMILES string of the molecule is Cc1cc(=O)oc2c(Cl)c(O)c(N3CCOCC3)cc12. The lowest BCUT2D eigenvalue weighted by Crippen LogP contribution is -2.36. The van der Waals surface area contributed by atoms with Crippen molar-refractivity contribution in [2.45, 2.75) is 6.92 Å². The van der Waals surface area contributed by atoms with Gasteiger partial charge in [-0.05, 0) is 18.6 Å². The van der Waals surface area contributed by atoms with E-state index in [1.807, 2.05) is 11.8 Å². The summed E-state index contributed by atoms with van der Waals surface area (Å²) in [7, 11) is 0. The second-order valence-electron chi connectivity index (χ2n) is 4.78. The Morgan fingerprint density at radius 2 is 2.00 bits per heavy atom. The average molecular weight is 296 g/mol. The predicted octanol–water partition coefficient (Wildman–Crippen LogP) is 2.30. The third-order valence-electron chi connectivity index (χ3n) is 3.49. The molecule has 1 saturated heterocycles. The lowest BCUT2D eigenvalue weighted by Gasteiger charge is -2.29. The number of aromatic hydroxyl groups is 1. The van der Waals surface area contributed by atoms with Crippen LogP contribution >= 0.6 is 11.6 Å². The summed E-state index contributed by atoms with van der Waals surface area (Å²) in [6.07, 6.45) is 0. The number of rotatable bonds is 1. The first-order valence-corrected chi connectivity index (χ1v) is 6.74. The van der Waals surface area contributed by atoms with Crippen molar-refractivity contribution < 1.29 is 14.3 Å². The Kier molecular flexibility index (Phi) is 3.31. The highest BCUT2D eigenvalue weighted by molar-refractivity contribution is 6.37. The summed E-state index contributed by atoms with van der Waals surface area (Å²) >= 11 is 6.15. The fourth-order valence-electron chi connectivity index (χ4n) is 2.43. The molecular weight excluding hydrogens is 282 g/mol. The number of halogens is 1. The molecule has 6 heteroatoms. The number of benzene rings is 1. The fourth-order valence-corrected chi connectivity index (χ4v) is 2.67. The fraction of sp³-hybridized carbons (Fsp3) is 0.357. The Labute approximate surface area is 120 Å². The van der Waals surface area contributed by atoms with E-state index in [9.17, 15) is 9.90 Å². The molecule has 0 amide bonds. The largest absolute Gasteiger partial charge is 0.504 e. The van der Waals surface area contributed by atoms with Crippen LogP contribution in [-0.2, 0) is 4.74 Å². The molecule has 0 aliphatic carbocycles. The van der Waals surface area contributed by atoms with E-state index >= 15 is 0 Å². The lowest BCUT2D eigenvalue weighted by molar-refractivity contribution is 0.122. The van der Waals surface area contributed by atoms with E-state index in [4.69, 9.17) is 20.8 Å². The van der Waals surface area contributed by atoms with E-state index in [1.165, 1.54) is 6.07 Å². The first-order chi connectivity index (χ1) is 9.58. The molecule has 2 aromatic rings. The first kappa shape index (κ1) is 13.3. The second-order valence-corrected chi connectivity index (χ2v) is 5.16. The van der Waals surface area contributed by atoms with Crippen LogP contribution in [0.25, 0.3) is 11.0 Å². The number of anilines is 1. The van der Waals surface area contributed by atoms with E-state index in [2.05, 4.69) is 0 Å². The van der Waals surface area contributed by atoms with Crippen LogP contribution in [0.2, 0.25) is 5.02 Å². The van der Waals surface area contributed by atoms with Crippen LogP contribution in [0, 0.1) is 6.92 Å². The van der Waals surface area contributed by atoms with Crippen LogP contribution in [0.5, 0.6) is 5.75 Å². The summed E-state index contributed by atoms with van der Waals surface area (Å²) in [5, 5.41) is 11.1. The molecule has 0 atom stereocenters. The summed E-state index contributed by atoms with van der Waals surface area (Å²) in [6.45, 7) is 4.40. The molecule has 20 heavy (non-hydrogen) atoms. The molecule has 0 unspecified atom stereocenters. The molecule has 0 saturated carbocycles. The van der Waals surface area contributed by atoms with Gasteiger partial charge < -0.3 is 19.2 Å². The summed E-state index contributed by atoms with van der Waals surface area (Å²) in [4.78, 5) is 13.4. The van der Waals surface area contributed by atoms with Gasteiger partial charge in [0.25, 0.3) is 0 Å². The highest BCUT2D eigenvalue weighted by Gasteiger charge is 2.20. The number of phenolic OH excluding ortho intramolecular Hbond substituents is 1. The molecule has 3 rings (SSSR count). The molecule has 1 aliphatic rings. The van der Waals surface area contributed by atoms with E-state index in [1.54, 1.807) is 6.07 Å². The normalized spacial score (nSPS) is 15.8. The van der Waals surface area contributed by atoms with E-state index in [0.717, 1.165) is 10.9 Å². The molecule has 0 spiro atoms. The van der Waals surface area contributed by atoms with Crippen LogP contribution in [0.4, 0.5) is 5.69 Å². The first-order valence-electron chi connectivity index (χ1n) is 6.36. The Hall–Kier alpha value is -1.72. The Balaban J connectivity index is 2.24. The predicted molar refractivity (Wildman–Crippen MR) is 76.9 cm³/mol. The van der Waals surface area contributed by atoms with Gasteiger partial charge in [0.05, 0.1) is 18.9 Å². The van der Waals surface area contributed by atoms with Gasteiger partial charge in [-0.3, -0.25) is 0 Å². The summed E-state index contributed by atoms with van der Waals surface area (Å²) in [5.74, 6) is -0.0604. The maximum absolute atomic E-state index is 11.4. The molecule has 0 bridgehead atoms. The van der Waals surface area contributed by atoms with Crippen LogP contribution < -0.4 is 10.5 Å². The van der Waals surface area contributed by atoms with Crippen molar-refractivity contribution in [3.63, 3.8) is 0 Å². The third kappa shape index (κ3) is 2.13. The number of phenols is 1. The van der Waals surface area contributed by atoms with Gasteiger partial charge in [0.15, 0.2) is 11.3 Å². The van der Waals surface area contributed by atoms with Crippen molar-refractivity contribution in [3.8, 4) is 5.75 Å². The maximum atomic E-state index is 11.4. The zero-order valence-corrected chi connectivity index (χ0v) is 11.7. The Morgan fingerprint density at radius 3 is 2.70 bits per heavy atom. The van der Waals surface area contributed by atoms with E-state index in [-0.39, 0.29) is 16.4 Å². The molecule has 1 N–H and O–H groups in total. The number of hydrogen-bond donors (Lipinski definition) is 1. The number of aryl methyl sites for hydroxylation is 1. The highest BCUT2D eigenvalue weighted by atomic mass is 35.5. The molecule has 5 nitrogen and oxygen atoms in total. The second kappa shape index (κ2) is 5.00. The van der Waals surface area contributed by atoms with E-state index < -0.39 is 5.63 Å². The quantitative estimate of drug-likeness (QED) is 0.818. The molecule has 1 aromatic carbocycles. The number of nitrogens with zero attached hydrogens (tertiary/aromatic N) is 1. The van der Waals surface area contributed by atoms with Gasteiger partial charge in [-0.15, -0.1) is 0 Å². The van der Waals surface area contributed by atoms with Crippen molar-refractivity contribution in [1.29, 1.82) is 0 Å². The number of fused-ring (bicyclic) bond motifs is 1. The summed E-state index contributed by atoms with van der Waals surface area (Å²) in [5.41, 5.74) is 1.16. The van der Waals surface area contributed by atoms with Crippen LogP contribution in [-0.4, -0.2) is 31.4 Å². The standard InChI is InChI=1S/C14H14ClNO4/c1-8-6-11(17)20-14-9(8)7-10(13(18)12(14)15)16-2-4-19-5-3-16/h6-7,18H,2-5H2,1H3. The summed E-state index contributed by atoms with van der Waals surface area (Å²) < 4.78 is 10.4. The monoisotopic (exact) mass is 295 g/mol. The molecule has 1 aliphatic heterocycles. The minimum absolute atomic E-state index is 0.0604. The van der Waals surface area contributed by atoms with Crippen molar-refractivity contribution in [1.82, 2.24) is 0 Å². The summed E-state index contributed by atoms with van der Waals surface area (Å²) in [6, 6.07) is 3.22. The minimum Gasteiger partial charge on any atom is -0.504 e. The van der Waals surface area contributed by atoms with Gasteiger partial charge in [0.1, 0.15) is 5.02 Å². The molecule has 1 aromatic heterocycles. The van der Waals surface area contributed by atoms with Crippen LogP contribution in [0.1, 0.15) is 5.56 Å². The topological polar surface area (TPSA) is 62.9 Å². The Morgan fingerprint density at radius 1 is 1.30 bits per heavy atom. The van der Waals surface area contributed by atoms with Crippen molar-refractivity contribution in [2.24, 2.45) is 0 Å². The third-order valence-corrected chi connectivity index (χ3v) is 3.84. The van der Waals surface area contributed by atoms with Gasteiger partial charge in [0, 0.05) is 24.5 Å². The molecule has 1 fully saturated rings. The molecular formula is C14H14ClNO4. The van der Waals surface area contributed by atoms with Crippen molar-refractivity contribution in [2.75, 3.05) is 31.2 Å². The highest BCUT2D eigenvalue weighted by Crippen LogP contribution is 2.41. The van der Waals surface area contributed by atoms with Gasteiger partial charge in [-0.2, -0.15) is 0 Å². The number of ether oxygens (including phenoxy) is 1. The number of morpholine rings is 1. The smallest absolute Gasteiger partial charge is 0.336 e. The van der Waals surface area contributed by atoms with Gasteiger partial charge in [-0.1, -0.05) is 11.6 Å². The van der Waals surface area contributed by atoms with Gasteiger partial charge in [-0.25, -0.2) is 4.79 Å². The Bertz CT molecular complexity index is 719. The maximum Gasteiger partial charge on any atom is 0.336 e. The van der Waals surface area contributed by atoms with Crippen molar-refractivity contribution in [3.05, 3.63) is 33.1 Å². The van der Waals surface area contributed by atoms with Gasteiger partial charge >= 0.3 is 5.63 Å². The van der Waals surface area contributed by atoms with E-state index in [0.29, 0.717) is 32.0 Å². The molecule has 0 radical (unpaired) electrons. The van der Waals surface area contributed by atoms with Gasteiger partial charge in [0.2, 0.25) is 0 Å². The lowest BCUT2D eigenvalue weighted by atomic mass is 10.1. The zero-order chi connectivity index (χ0) is 14.3. The minimum atomic E-state index is -0.476. The molecule has 106 valence electrons. The number of hydrogen-bond acceptors (Lipinski definition) is 5.